The molecule has 2 aromatic heterocycles. The maximum absolute atomic E-state index is 15.1. The van der Waals surface area contributed by atoms with Crippen LogP contribution in [-0.2, 0) is 14.3 Å². The van der Waals surface area contributed by atoms with Crippen molar-refractivity contribution in [3.8, 4) is 0 Å². The van der Waals surface area contributed by atoms with Crippen LogP contribution in [0.5, 0.6) is 0 Å². The van der Waals surface area contributed by atoms with Crippen LogP contribution in [0.4, 0.5) is 25.4 Å². The Hall–Kier alpha value is -4.95. The number of carbonyl (C=O) groups is 4. The number of nitrogens with one attached hydrogen (secondary N) is 2. The normalized spacial score (nSPS) is 17.0. The van der Waals surface area contributed by atoms with Crippen LogP contribution < -0.4 is 20.4 Å². The minimum absolute atomic E-state index is 0.0696. The van der Waals surface area contributed by atoms with E-state index in [0.717, 1.165) is 0 Å². The number of hydrogen-bond donors (Lipinski definition) is 2. The first kappa shape index (κ1) is 27.6. The summed E-state index contributed by atoms with van der Waals surface area (Å²) in [5, 5.41) is 5.14. The van der Waals surface area contributed by atoms with Gasteiger partial charge in [0.25, 0.3) is 5.91 Å². The van der Waals surface area contributed by atoms with E-state index in [1.165, 1.54) is 18.1 Å². The number of ether oxygens (including phenoxy) is 2. The molecule has 216 valence electrons. The number of imidazole rings is 1. The van der Waals surface area contributed by atoms with Crippen LogP contribution in [0.1, 0.15) is 16.2 Å². The molecule has 2 fully saturated rings. The molecule has 41 heavy (non-hydrogen) atoms. The van der Waals surface area contributed by atoms with Crippen LogP contribution in [-0.4, -0.2) is 102 Å². The van der Waals surface area contributed by atoms with Crippen LogP contribution in [0.15, 0.2) is 36.8 Å². The van der Waals surface area contributed by atoms with Crippen LogP contribution in [0, 0.1) is 12.7 Å². The third-order valence-corrected chi connectivity index (χ3v) is 6.97. The molecule has 5 rings (SSSR count). The first-order valence-electron chi connectivity index (χ1n) is 12.9. The number of methoxy groups -OCH3 is 1. The number of alkyl carbamates (subject to hydrolysis) is 1. The summed E-state index contributed by atoms with van der Waals surface area (Å²) in [7, 11) is 1.23. The highest BCUT2D eigenvalue weighted by Gasteiger charge is 2.33. The predicted molar refractivity (Wildman–Crippen MR) is 143 cm³/mol. The number of amides is 4. The Morgan fingerprint density at radius 2 is 1.95 bits per heavy atom. The van der Waals surface area contributed by atoms with Crippen molar-refractivity contribution in [3.63, 3.8) is 0 Å². The van der Waals surface area contributed by atoms with Crippen LogP contribution >= 0.6 is 0 Å². The number of halogens is 1. The third kappa shape index (κ3) is 5.83. The molecular weight excluding hydrogens is 539 g/mol. The Morgan fingerprint density at radius 3 is 2.68 bits per heavy atom. The van der Waals surface area contributed by atoms with Crippen LogP contribution in [0.25, 0.3) is 5.65 Å². The zero-order valence-electron chi connectivity index (χ0n) is 22.5. The highest BCUT2D eigenvalue weighted by atomic mass is 19.1. The van der Waals surface area contributed by atoms with Gasteiger partial charge in [0.2, 0.25) is 5.91 Å². The van der Waals surface area contributed by atoms with E-state index in [4.69, 9.17) is 4.74 Å². The second-order valence-electron chi connectivity index (χ2n) is 9.53. The van der Waals surface area contributed by atoms with Crippen molar-refractivity contribution in [2.24, 2.45) is 0 Å². The minimum Gasteiger partial charge on any atom is -0.453 e. The number of aromatic nitrogens is 3. The minimum atomic E-state index is -0.641. The van der Waals surface area contributed by atoms with Gasteiger partial charge in [-0.05, 0) is 25.1 Å². The Labute approximate surface area is 234 Å². The molecule has 1 atom stereocenters. The van der Waals surface area contributed by atoms with E-state index in [1.807, 2.05) is 4.90 Å². The quantitative estimate of drug-likeness (QED) is 0.424. The fourth-order valence-electron chi connectivity index (χ4n) is 4.87. The Bertz CT molecular complexity index is 1490. The van der Waals surface area contributed by atoms with Crippen molar-refractivity contribution in [1.82, 2.24) is 29.9 Å². The van der Waals surface area contributed by atoms with Crippen LogP contribution in [0.3, 0.4) is 0 Å². The molecule has 1 unspecified atom stereocenters. The average molecular weight is 569 g/mol. The fourth-order valence-corrected chi connectivity index (χ4v) is 4.87. The van der Waals surface area contributed by atoms with Gasteiger partial charge in [0, 0.05) is 38.6 Å². The van der Waals surface area contributed by atoms with Gasteiger partial charge in [-0.25, -0.2) is 19.0 Å². The lowest BCUT2D eigenvalue weighted by Gasteiger charge is -2.36. The molecule has 15 heteroatoms. The zero-order valence-corrected chi connectivity index (χ0v) is 22.5. The highest BCUT2D eigenvalue weighted by Crippen LogP contribution is 2.28. The monoisotopic (exact) mass is 568 g/mol. The van der Waals surface area contributed by atoms with Gasteiger partial charge in [-0.1, -0.05) is 0 Å². The number of carbonyl (C=O) groups excluding carboxylic acids is 4. The fraction of sp³-hybridized carbons (Fsp3) is 0.385. The van der Waals surface area contributed by atoms with E-state index >= 15 is 4.39 Å². The molecule has 2 aliphatic rings. The molecule has 3 aromatic rings. The van der Waals surface area contributed by atoms with Gasteiger partial charge in [0.15, 0.2) is 5.65 Å². The summed E-state index contributed by atoms with van der Waals surface area (Å²) >= 11 is 0. The van der Waals surface area contributed by atoms with E-state index < -0.39 is 30.0 Å². The van der Waals surface area contributed by atoms with Gasteiger partial charge in [0.05, 0.1) is 50.0 Å². The number of rotatable bonds is 7. The molecule has 14 nitrogen and oxygen atoms in total. The first-order chi connectivity index (χ1) is 19.7. The molecule has 2 saturated heterocycles. The Balaban J connectivity index is 1.13. The summed E-state index contributed by atoms with van der Waals surface area (Å²) in [4.78, 5) is 62.2. The van der Waals surface area contributed by atoms with E-state index in [2.05, 4.69) is 25.3 Å². The van der Waals surface area contributed by atoms with Crippen molar-refractivity contribution >= 4 is 41.0 Å². The highest BCUT2D eigenvalue weighted by molar-refractivity contribution is 5.97. The summed E-state index contributed by atoms with van der Waals surface area (Å²) in [6.07, 6.45) is 2.86. The van der Waals surface area contributed by atoms with Gasteiger partial charge in [-0.3, -0.25) is 23.9 Å². The zero-order chi connectivity index (χ0) is 29.1. The molecule has 1 aromatic carbocycles. The third-order valence-electron chi connectivity index (χ3n) is 6.97. The Morgan fingerprint density at radius 1 is 1.17 bits per heavy atom. The number of cyclic esters (lactones) is 1. The number of piperazine rings is 1. The maximum Gasteiger partial charge on any atom is 0.414 e. The molecule has 4 heterocycles. The lowest BCUT2D eigenvalue weighted by molar-refractivity contribution is -0.130. The van der Waals surface area contributed by atoms with Gasteiger partial charge in [-0.15, -0.1) is 0 Å². The van der Waals surface area contributed by atoms with Crippen molar-refractivity contribution in [3.05, 3.63) is 54.0 Å². The predicted octanol–water partition coefficient (Wildman–Crippen LogP) is 0.937. The second-order valence-corrected chi connectivity index (χ2v) is 9.53. The summed E-state index contributed by atoms with van der Waals surface area (Å²) < 4.78 is 26.5. The number of fused-ring (bicyclic) bond motifs is 1. The van der Waals surface area contributed by atoms with Gasteiger partial charge in [0.1, 0.15) is 17.6 Å². The second kappa shape index (κ2) is 11.7. The molecule has 2 N–H and O–H groups in total. The number of hydrogen-bond acceptors (Lipinski definition) is 9. The van der Waals surface area contributed by atoms with Gasteiger partial charge < -0.3 is 29.9 Å². The smallest absolute Gasteiger partial charge is 0.414 e. The molecule has 2 aliphatic heterocycles. The van der Waals surface area contributed by atoms with E-state index in [-0.39, 0.29) is 25.5 Å². The van der Waals surface area contributed by atoms with E-state index in [0.29, 0.717) is 54.6 Å². The maximum atomic E-state index is 15.1. The van der Waals surface area contributed by atoms with E-state index in [9.17, 15) is 19.2 Å². The molecule has 4 amide bonds. The standard InChI is InChI=1S/C26H29FN8O6/c1-16-23(34-6-5-28-13-21(34)31-16)24(37)29-14-22(36)33-9-7-32(8-10-33)20-4-3-17(11-19(20)27)35-15-18(41-26(35)39)12-30-25(38)40-2/h3-6,11,13,18H,7-10,12,14-15H2,1-2H3,(H,29,37)(H,30,38). The molecule has 0 radical (unpaired) electrons. The molecule has 0 aliphatic carbocycles. The number of benzene rings is 1. The molecular formula is C26H29FN8O6. The van der Waals surface area contributed by atoms with Crippen molar-refractivity contribution in [2.75, 3.05) is 62.7 Å². The number of nitrogens with zero attached hydrogens (tertiary/aromatic N) is 6. The summed E-state index contributed by atoms with van der Waals surface area (Å²) in [5.74, 6) is -1.17. The Kier molecular flexibility index (Phi) is 7.85. The lowest BCUT2D eigenvalue weighted by Crippen LogP contribution is -2.51. The molecule has 0 spiro atoms. The van der Waals surface area contributed by atoms with E-state index in [1.54, 1.807) is 46.9 Å². The summed E-state index contributed by atoms with van der Waals surface area (Å²) in [5.41, 5.74) is 2.09. The van der Waals surface area contributed by atoms with Crippen molar-refractivity contribution in [2.45, 2.75) is 13.0 Å². The number of anilines is 2. The summed E-state index contributed by atoms with van der Waals surface area (Å²) in [6, 6.07) is 4.47. The van der Waals surface area contributed by atoms with Crippen molar-refractivity contribution < 1.29 is 33.0 Å². The largest absolute Gasteiger partial charge is 0.453 e. The summed E-state index contributed by atoms with van der Waals surface area (Å²) in [6.45, 7) is 3.24. The van der Waals surface area contributed by atoms with Crippen molar-refractivity contribution in [1.29, 1.82) is 0 Å². The molecule has 0 saturated carbocycles. The van der Waals surface area contributed by atoms with Crippen LogP contribution in [0.2, 0.25) is 0 Å². The van der Waals surface area contributed by atoms with Gasteiger partial charge in [-0.2, -0.15) is 0 Å². The lowest BCUT2D eigenvalue weighted by atomic mass is 10.2. The first-order valence-corrected chi connectivity index (χ1v) is 12.9. The molecule has 0 bridgehead atoms. The number of aryl methyl sites for hydroxylation is 1. The topological polar surface area (TPSA) is 151 Å². The SMILES string of the molecule is COC(=O)NCC1CN(c2ccc(N3CCN(C(=O)CNC(=O)c4c(C)nc5cnccn45)CC3)c(F)c2)C(=O)O1. The average Bonchev–Trinajstić information content (AvgIpc) is 3.52. The van der Waals surface area contributed by atoms with Gasteiger partial charge >= 0.3 is 12.2 Å².